The molecule has 0 spiro atoms. The average molecular weight is 356 g/mol. The van der Waals surface area contributed by atoms with Crippen molar-refractivity contribution in [1.29, 1.82) is 0 Å². The van der Waals surface area contributed by atoms with Gasteiger partial charge in [0.1, 0.15) is 5.69 Å². The summed E-state index contributed by atoms with van der Waals surface area (Å²) < 4.78 is 0. The maximum absolute atomic E-state index is 12.5. The molecule has 1 fully saturated rings. The monoisotopic (exact) mass is 356 g/mol. The maximum Gasteiger partial charge on any atom is 0.271 e. The minimum Gasteiger partial charge on any atom is -0.344 e. The lowest BCUT2D eigenvalue weighted by Gasteiger charge is -2.21. The van der Waals surface area contributed by atoms with Crippen molar-refractivity contribution in [1.82, 2.24) is 15.3 Å². The Morgan fingerprint density at radius 3 is 3.08 bits per heavy atom. The molecule has 1 aliphatic carbocycles. The number of aromatic nitrogens is 2. The van der Waals surface area contributed by atoms with Gasteiger partial charge in [-0.1, -0.05) is 25.8 Å². The van der Waals surface area contributed by atoms with Gasteiger partial charge in [0.15, 0.2) is 5.13 Å². The van der Waals surface area contributed by atoms with Crippen LogP contribution in [0.4, 0.5) is 10.8 Å². The molecular formula is C19H24N4OS. The number of carbonyl (C=O) groups excluding carboxylic acids is 1. The summed E-state index contributed by atoms with van der Waals surface area (Å²) in [7, 11) is 0. The van der Waals surface area contributed by atoms with E-state index in [2.05, 4.69) is 34.1 Å². The van der Waals surface area contributed by atoms with E-state index < -0.39 is 0 Å². The predicted molar refractivity (Wildman–Crippen MR) is 102 cm³/mol. The molecule has 2 heterocycles. The number of nitrogens with zero attached hydrogens (tertiary/aromatic N) is 2. The van der Waals surface area contributed by atoms with Crippen LogP contribution >= 0.6 is 11.3 Å². The van der Waals surface area contributed by atoms with Gasteiger partial charge in [0.05, 0.1) is 17.9 Å². The van der Waals surface area contributed by atoms with Crippen LogP contribution in [0.3, 0.4) is 0 Å². The molecule has 0 saturated heterocycles. The molecular weight excluding hydrogens is 332 g/mol. The van der Waals surface area contributed by atoms with Crippen LogP contribution in [0.1, 0.15) is 43.1 Å². The van der Waals surface area contributed by atoms with Crippen LogP contribution in [0.5, 0.6) is 0 Å². The molecule has 25 heavy (non-hydrogen) atoms. The molecule has 3 unspecified atom stereocenters. The number of pyridine rings is 1. The van der Waals surface area contributed by atoms with Crippen LogP contribution in [-0.2, 0) is 0 Å². The summed E-state index contributed by atoms with van der Waals surface area (Å²) in [6.45, 7) is 6.15. The number of hydrogen-bond donors (Lipinski definition) is 2. The third kappa shape index (κ3) is 4.45. The normalized spacial score (nSPS) is 20.8. The van der Waals surface area contributed by atoms with Gasteiger partial charge in [-0.2, -0.15) is 0 Å². The van der Waals surface area contributed by atoms with Gasteiger partial charge in [-0.3, -0.25) is 9.78 Å². The predicted octanol–water partition coefficient (Wildman–Crippen LogP) is 4.39. The molecule has 0 bridgehead atoms. The number of rotatable bonds is 7. The van der Waals surface area contributed by atoms with E-state index in [1.807, 2.05) is 18.2 Å². The number of carbonyl (C=O) groups is 1. The van der Waals surface area contributed by atoms with Crippen molar-refractivity contribution in [3.05, 3.63) is 48.3 Å². The van der Waals surface area contributed by atoms with E-state index in [-0.39, 0.29) is 11.9 Å². The van der Waals surface area contributed by atoms with Gasteiger partial charge in [-0.05, 0) is 36.8 Å². The summed E-state index contributed by atoms with van der Waals surface area (Å²) in [5, 5.41) is 8.71. The Balaban J connectivity index is 1.60. The summed E-state index contributed by atoms with van der Waals surface area (Å²) in [6.07, 6.45) is 10.1. The van der Waals surface area contributed by atoms with Crippen molar-refractivity contribution in [3.8, 4) is 0 Å². The van der Waals surface area contributed by atoms with Crippen molar-refractivity contribution < 1.29 is 4.79 Å². The molecule has 0 aromatic carbocycles. The van der Waals surface area contributed by atoms with Gasteiger partial charge < -0.3 is 10.6 Å². The molecule has 6 heteroatoms. The van der Waals surface area contributed by atoms with Gasteiger partial charge in [0.25, 0.3) is 5.91 Å². The van der Waals surface area contributed by atoms with Gasteiger partial charge in [-0.25, -0.2) is 4.98 Å². The van der Waals surface area contributed by atoms with Gasteiger partial charge >= 0.3 is 0 Å². The SMILES string of the molecule is C=CC(NC(=O)c1csc(Nc2cccnc2)n1)C1CCC(CC)C1. The fourth-order valence-corrected chi connectivity index (χ4v) is 4.11. The number of anilines is 2. The highest BCUT2D eigenvalue weighted by atomic mass is 32.1. The Labute approximate surface area is 152 Å². The molecule has 3 atom stereocenters. The van der Waals surface area contributed by atoms with Gasteiger partial charge in [0.2, 0.25) is 0 Å². The summed E-state index contributed by atoms with van der Waals surface area (Å²) in [6, 6.07) is 3.77. The zero-order chi connectivity index (χ0) is 17.6. The second-order valence-electron chi connectivity index (χ2n) is 6.49. The molecule has 5 nitrogen and oxygen atoms in total. The van der Waals surface area contributed by atoms with Gasteiger partial charge in [-0.15, -0.1) is 17.9 Å². The summed E-state index contributed by atoms with van der Waals surface area (Å²) >= 11 is 1.41. The van der Waals surface area contributed by atoms with E-state index in [1.165, 1.54) is 30.6 Å². The largest absolute Gasteiger partial charge is 0.344 e. The first-order valence-corrected chi connectivity index (χ1v) is 9.63. The van der Waals surface area contributed by atoms with Crippen molar-refractivity contribution in [2.24, 2.45) is 11.8 Å². The van der Waals surface area contributed by atoms with Gasteiger partial charge in [0, 0.05) is 11.6 Å². The van der Waals surface area contributed by atoms with E-state index in [0.717, 1.165) is 18.0 Å². The third-order valence-electron chi connectivity index (χ3n) is 4.87. The van der Waals surface area contributed by atoms with E-state index >= 15 is 0 Å². The van der Waals surface area contributed by atoms with Crippen molar-refractivity contribution in [2.45, 2.75) is 38.6 Å². The topological polar surface area (TPSA) is 66.9 Å². The van der Waals surface area contributed by atoms with Crippen molar-refractivity contribution in [2.75, 3.05) is 5.32 Å². The lowest BCUT2D eigenvalue weighted by Crippen LogP contribution is -2.38. The first-order valence-electron chi connectivity index (χ1n) is 8.75. The highest BCUT2D eigenvalue weighted by Gasteiger charge is 2.29. The Kier molecular flexibility index (Phi) is 5.81. The summed E-state index contributed by atoms with van der Waals surface area (Å²) in [5.41, 5.74) is 1.29. The van der Waals surface area contributed by atoms with Crippen LogP contribution in [0.25, 0.3) is 0 Å². The Morgan fingerprint density at radius 2 is 2.40 bits per heavy atom. The smallest absolute Gasteiger partial charge is 0.271 e. The van der Waals surface area contributed by atoms with E-state index in [9.17, 15) is 4.79 Å². The molecule has 1 saturated carbocycles. The number of nitrogens with one attached hydrogen (secondary N) is 2. The first kappa shape index (κ1) is 17.6. The van der Waals surface area contributed by atoms with E-state index in [1.54, 1.807) is 17.8 Å². The second kappa shape index (κ2) is 8.25. The maximum atomic E-state index is 12.5. The Hall–Kier alpha value is -2.21. The molecule has 2 aromatic heterocycles. The third-order valence-corrected chi connectivity index (χ3v) is 5.63. The molecule has 132 valence electrons. The Bertz CT molecular complexity index is 715. The molecule has 1 aliphatic rings. The van der Waals surface area contributed by atoms with Crippen LogP contribution in [0.15, 0.2) is 42.6 Å². The fraction of sp³-hybridized carbons (Fsp3) is 0.421. The quantitative estimate of drug-likeness (QED) is 0.722. The zero-order valence-corrected chi connectivity index (χ0v) is 15.3. The molecule has 1 amide bonds. The molecule has 3 rings (SSSR count). The highest BCUT2D eigenvalue weighted by Crippen LogP contribution is 2.35. The minimum atomic E-state index is -0.139. The second-order valence-corrected chi connectivity index (χ2v) is 7.35. The van der Waals surface area contributed by atoms with Crippen LogP contribution in [0.2, 0.25) is 0 Å². The summed E-state index contributed by atoms with van der Waals surface area (Å²) in [4.78, 5) is 21.0. The van der Waals surface area contributed by atoms with E-state index in [0.29, 0.717) is 16.7 Å². The molecule has 0 aliphatic heterocycles. The van der Waals surface area contributed by atoms with Crippen molar-refractivity contribution >= 4 is 28.1 Å². The van der Waals surface area contributed by atoms with Crippen LogP contribution in [-0.4, -0.2) is 21.9 Å². The first-order chi connectivity index (χ1) is 12.2. The molecule has 2 N–H and O–H groups in total. The number of amides is 1. The van der Waals surface area contributed by atoms with Crippen molar-refractivity contribution in [3.63, 3.8) is 0 Å². The van der Waals surface area contributed by atoms with E-state index in [4.69, 9.17) is 0 Å². The molecule has 0 radical (unpaired) electrons. The minimum absolute atomic E-state index is 0.0143. The van der Waals surface area contributed by atoms with Crippen LogP contribution in [0, 0.1) is 11.8 Å². The molecule has 2 aromatic rings. The highest BCUT2D eigenvalue weighted by molar-refractivity contribution is 7.14. The standard InChI is InChI=1S/C19H24N4OS/c1-3-13-7-8-14(10-13)16(4-2)22-18(24)17-12-25-19(23-17)21-15-6-5-9-20-11-15/h4-6,9,11-14,16H,2-3,7-8,10H2,1H3,(H,21,23)(H,22,24). The number of hydrogen-bond acceptors (Lipinski definition) is 5. The lowest BCUT2D eigenvalue weighted by molar-refractivity contribution is 0.0929. The number of thiazole rings is 1. The fourth-order valence-electron chi connectivity index (χ4n) is 3.40. The van der Waals surface area contributed by atoms with Crippen LogP contribution < -0.4 is 10.6 Å². The lowest BCUT2D eigenvalue weighted by atomic mass is 9.95. The summed E-state index contributed by atoms with van der Waals surface area (Å²) in [5.74, 6) is 1.12. The Morgan fingerprint density at radius 1 is 1.52 bits per heavy atom. The zero-order valence-electron chi connectivity index (χ0n) is 14.4. The average Bonchev–Trinajstić information content (AvgIpc) is 3.30.